The zero-order chi connectivity index (χ0) is 17.9. The number of hydrogen-bond donors (Lipinski definition) is 1. The van der Waals surface area contributed by atoms with Crippen molar-refractivity contribution in [2.45, 2.75) is 6.92 Å². The molecular formula is C19H15ClN6. The van der Waals surface area contributed by atoms with Gasteiger partial charge in [0.15, 0.2) is 0 Å². The fourth-order valence-electron chi connectivity index (χ4n) is 2.62. The standard InChI is InChI=1S/C19H15ClN6/c1-13(14-2-5-16(6-3-14)26-12-21-11-23-26)24-25-18-8-9-22-19-10-15(20)4-7-17(18)19/h2-12H,1H3,(H,22,25)/b24-13+. The number of rotatable bonds is 4. The van der Waals surface area contributed by atoms with Crippen LogP contribution in [0.5, 0.6) is 0 Å². The first-order valence-electron chi connectivity index (χ1n) is 8.01. The molecule has 0 saturated heterocycles. The van der Waals surface area contributed by atoms with Gasteiger partial charge in [-0.25, -0.2) is 9.67 Å². The van der Waals surface area contributed by atoms with Gasteiger partial charge in [-0.15, -0.1) is 0 Å². The second-order valence-electron chi connectivity index (χ2n) is 5.72. The van der Waals surface area contributed by atoms with Crippen LogP contribution in [0.2, 0.25) is 5.02 Å². The van der Waals surface area contributed by atoms with E-state index in [0.717, 1.165) is 33.6 Å². The number of aromatic nitrogens is 4. The molecule has 2 heterocycles. The summed E-state index contributed by atoms with van der Waals surface area (Å²) in [5.74, 6) is 0. The van der Waals surface area contributed by atoms with Crippen LogP contribution < -0.4 is 5.43 Å². The van der Waals surface area contributed by atoms with Crippen molar-refractivity contribution < 1.29 is 0 Å². The molecule has 128 valence electrons. The van der Waals surface area contributed by atoms with Crippen molar-refractivity contribution in [3.63, 3.8) is 0 Å². The highest BCUT2D eigenvalue weighted by molar-refractivity contribution is 6.31. The van der Waals surface area contributed by atoms with Crippen molar-refractivity contribution >= 4 is 33.9 Å². The summed E-state index contributed by atoms with van der Waals surface area (Å²) in [7, 11) is 0. The van der Waals surface area contributed by atoms with Crippen molar-refractivity contribution in [1.29, 1.82) is 0 Å². The van der Waals surface area contributed by atoms with Crippen molar-refractivity contribution in [2.75, 3.05) is 5.43 Å². The summed E-state index contributed by atoms with van der Waals surface area (Å²) in [6.07, 6.45) is 4.91. The minimum Gasteiger partial charge on any atom is -0.277 e. The Morgan fingerprint density at radius 1 is 1.12 bits per heavy atom. The average molecular weight is 363 g/mol. The zero-order valence-corrected chi connectivity index (χ0v) is 14.7. The number of halogens is 1. The van der Waals surface area contributed by atoms with Crippen molar-refractivity contribution in [2.24, 2.45) is 5.10 Å². The molecule has 2 aromatic carbocycles. The second kappa shape index (κ2) is 6.93. The van der Waals surface area contributed by atoms with E-state index in [0.29, 0.717) is 5.02 Å². The van der Waals surface area contributed by atoms with Gasteiger partial charge in [0.1, 0.15) is 12.7 Å². The van der Waals surface area contributed by atoms with E-state index in [1.54, 1.807) is 17.2 Å². The monoisotopic (exact) mass is 362 g/mol. The molecule has 0 aliphatic heterocycles. The lowest BCUT2D eigenvalue weighted by molar-refractivity contribution is 0.879. The number of hydrogen-bond acceptors (Lipinski definition) is 5. The number of nitrogens with zero attached hydrogens (tertiary/aromatic N) is 5. The van der Waals surface area contributed by atoms with Gasteiger partial charge in [0.25, 0.3) is 0 Å². The number of nitrogens with one attached hydrogen (secondary N) is 1. The molecule has 2 aromatic heterocycles. The molecule has 0 atom stereocenters. The highest BCUT2D eigenvalue weighted by atomic mass is 35.5. The Bertz CT molecular complexity index is 1070. The van der Waals surface area contributed by atoms with Crippen LogP contribution in [-0.2, 0) is 0 Å². The van der Waals surface area contributed by atoms with E-state index in [4.69, 9.17) is 11.6 Å². The van der Waals surface area contributed by atoms with E-state index in [1.165, 1.54) is 6.33 Å². The number of fused-ring (bicyclic) bond motifs is 1. The van der Waals surface area contributed by atoms with Gasteiger partial charge < -0.3 is 0 Å². The second-order valence-corrected chi connectivity index (χ2v) is 6.15. The van der Waals surface area contributed by atoms with Gasteiger partial charge in [-0.2, -0.15) is 10.2 Å². The number of hydrazone groups is 1. The maximum atomic E-state index is 6.03. The molecule has 0 bridgehead atoms. The van der Waals surface area contributed by atoms with Crippen LogP contribution in [0.15, 0.2) is 72.5 Å². The molecule has 4 aromatic rings. The molecule has 0 aliphatic carbocycles. The van der Waals surface area contributed by atoms with Gasteiger partial charge in [0.2, 0.25) is 0 Å². The van der Waals surface area contributed by atoms with Crippen molar-refractivity contribution in [1.82, 2.24) is 19.7 Å². The van der Waals surface area contributed by atoms with E-state index in [9.17, 15) is 0 Å². The summed E-state index contributed by atoms with van der Waals surface area (Å²) in [4.78, 5) is 8.29. The molecule has 4 rings (SSSR count). The van der Waals surface area contributed by atoms with E-state index >= 15 is 0 Å². The quantitative estimate of drug-likeness (QED) is 0.434. The van der Waals surface area contributed by atoms with E-state index in [-0.39, 0.29) is 0 Å². The highest BCUT2D eigenvalue weighted by Crippen LogP contribution is 2.24. The molecule has 0 unspecified atom stereocenters. The van der Waals surface area contributed by atoms with E-state index in [2.05, 4.69) is 25.6 Å². The molecule has 0 amide bonds. The summed E-state index contributed by atoms with van der Waals surface area (Å²) >= 11 is 6.03. The first-order chi connectivity index (χ1) is 12.7. The molecule has 7 heteroatoms. The molecule has 6 nitrogen and oxygen atoms in total. The lowest BCUT2D eigenvalue weighted by Gasteiger charge is -2.08. The average Bonchev–Trinajstić information content (AvgIpc) is 3.20. The maximum absolute atomic E-state index is 6.03. The predicted octanol–water partition coefficient (Wildman–Crippen LogP) is 4.31. The Hall–Kier alpha value is -3.25. The van der Waals surface area contributed by atoms with Gasteiger partial charge >= 0.3 is 0 Å². The van der Waals surface area contributed by atoms with Crippen LogP contribution in [0, 0.1) is 0 Å². The third-order valence-corrected chi connectivity index (χ3v) is 4.25. The minimum absolute atomic E-state index is 0.661. The van der Waals surface area contributed by atoms with Crippen LogP contribution in [-0.4, -0.2) is 25.5 Å². The van der Waals surface area contributed by atoms with E-state index in [1.807, 2.05) is 55.5 Å². The normalized spacial score (nSPS) is 11.7. The number of benzene rings is 2. The first-order valence-corrected chi connectivity index (χ1v) is 8.38. The fraction of sp³-hybridized carbons (Fsp3) is 0.0526. The van der Waals surface area contributed by atoms with Crippen LogP contribution in [0.4, 0.5) is 5.69 Å². The maximum Gasteiger partial charge on any atom is 0.138 e. The number of anilines is 1. The van der Waals surface area contributed by atoms with Crippen LogP contribution in [0.1, 0.15) is 12.5 Å². The topological polar surface area (TPSA) is 68.0 Å². The first kappa shape index (κ1) is 16.2. The summed E-state index contributed by atoms with van der Waals surface area (Å²) in [5, 5.41) is 10.2. The lowest BCUT2D eigenvalue weighted by Crippen LogP contribution is -2.01. The molecule has 0 spiro atoms. The fourth-order valence-corrected chi connectivity index (χ4v) is 2.79. The molecule has 0 radical (unpaired) electrons. The smallest absolute Gasteiger partial charge is 0.138 e. The summed E-state index contributed by atoms with van der Waals surface area (Å²) in [6, 6.07) is 15.5. The highest BCUT2D eigenvalue weighted by Gasteiger charge is 2.04. The van der Waals surface area contributed by atoms with Gasteiger partial charge in [-0.1, -0.05) is 23.7 Å². The van der Waals surface area contributed by atoms with Crippen molar-refractivity contribution in [3.05, 3.63) is 78.0 Å². The van der Waals surface area contributed by atoms with Crippen molar-refractivity contribution in [3.8, 4) is 5.69 Å². The van der Waals surface area contributed by atoms with Crippen LogP contribution in [0.25, 0.3) is 16.6 Å². The third kappa shape index (κ3) is 3.27. The Kier molecular flexibility index (Phi) is 4.33. The zero-order valence-electron chi connectivity index (χ0n) is 14.0. The SMILES string of the molecule is C/C(=N\Nc1ccnc2cc(Cl)ccc12)c1ccc(-n2cncn2)cc1. The Morgan fingerprint density at radius 2 is 1.96 bits per heavy atom. The number of pyridine rings is 1. The van der Waals surface area contributed by atoms with Gasteiger partial charge in [0.05, 0.1) is 22.6 Å². The van der Waals surface area contributed by atoms with Gasteiger partial charge in [-0.3, -0.25) is 10.4 Å². The van der Waals surface area contributed by atoms with E-state index < -0.39 is 0 Å². The third-order valence-electron chi connectivity index (χ3n) is 4.02. The largest absolute Gasteiger partial charge is 0.277 e. The molecule has 0 saturated carbocycles. The summed E-state index contributed by atoms with van der Waals surface area (Å²) in [5.41, 5.74) is 7.67. The summed E-state index contributed by atoms with van der Waals surface area (Å²) in [6.45, 7) is 1.96. The van der Waals surface area contributed by atoms with Gasteiger partial charge in [0, 0.05) is 16.6 Å². The molecule has 0 aliphatic rings. The van der Waals surface area contributed by atoms with Crippen LogP contribution in [0.3, 0.4) is 0 Å². The Labute approximate surface area is 155 Å². The summed E-state index contributed by atoms with van der Waals surface area (Å²) < 4.78 is 1.71. The lowest BCUT2D eigenvalue weighted by atomic mass is 10.1. The van der Waals surface area contributed by atoms with Crippen LogP contribution >= 0.6 is 11.6 Å². The Morgan fingerprint density at radius 3 is 2.73 bits per heavy atom. The molecular weight excluding hydrogens is 348 g/mol. The minimum atomic E-state index is 0.661. The Balaban J connectivity index is 1.57. The molecule has 0 fully saturated rings. The molecule has 26 heavy (non-hydrogen) atoms. The molecule has 1 N–H and O–H groups in total. The predicted molar refractivity (Wildman–Crippen MR) is 104 cm³/mol. The van der Waals surface area contributed by atoms with Gasteiger partial charge in [-0.05, 0) is 48.9 Å².